The molecule has 5 atom stereocenters. The minimum Gasteiger partial charge on any atom is -0.476 e. The summed E-state index contributed by atoms with van der Waals surface area (Å²) in [5.74, 6) is 0.0993. The number of imidazole rings is 1. The van der Waals surface area contributed by atoms with Crippen molar-refractivity contribution in [3.63, 3.8) is 0 Å². The predicted octanol–water partition coefficient (Wildman–Crippen LogP) is 0.949. The van der Waals surface area contributed by atoms with Crippen molar-refractivity contribution in [2.45, 2.75) is 38.0 Å². The van der Waals surface area contributed by atoms with Crippen LogP contribution in [0.5, 0.6) is 5.88 Å². The first-order valence-electron chi connectivity index (χ1n) is 7.86. The van der Waals surface area contributed by atoms with E-state index >= 15 is 4.39 Å². The molecule has 1 unspecified atom stereocenters. The summed E-state index contributed by atoms with van der Waals surface area (Å²) in [6.07, 6.45) is -2.07. The smallest absolute Gasteiger partial charge is 0.472 e. The number of phosphoric ester groups is 1. The number of anilines is 1. The Bertz CT molecular complexity index is 907. The third-order valence-electron chi connectivity index (χ3n) is 4.27. The SMILES string of the molecule is CCOc1nc(N)nc2c1ncn2[C@@H]1O[C@@H]2COP(=O)(O)O[C@H]2[C@@]1(C)F. The van der Waals surface area contributed by atoms with Crippen LogP contribution >= 0.6 is 7.82 Å². The summed E-state index contributed by atoms with van der Waals surface area (Å²) in [4.78, 5) is 21.7. The molecular formula is C13H17FN5O6P. The number of hydrogen-bond acceptors (Lipinski definition) is 9. The summed E-state index contributed by atoms with van der Waals surface area (Å²) in [5, 5.41) is 0. The summed E-state index contributed by atoms with van der Waals surface area (Å²) in [7, 11) is -4.32. The quantitative estimate of drug-likeness (QED) is 0.728. The Morgan fingerprint density at radius 3 is 3.08 bits per heavy atom. The number of nitrogens with zero attached hydrogens (tertiary/aromatic N) is 4. The highest BCUT2D eigenvalue weighted by atomic mass is 31.2. The van der Waals surface area contributed by atoms with Crippen molar-refractivity contribution >= 4 is 24.9 Å². The molecule has 0 radical (unpaired) electrons. The Balaban J connectivity index is 1.77. The van der Waals surface area contributed by atoms with E-state index < -0.39 is 31.9 Å². The molecule has 2 saturated heterocycles. The topological polar surface area (TPSA) is 144 Å². The number of aromatic nitrogens is 4. The van der Waals surface area contributed by atoms with Gasteiger partial charge >= 0.3 is 7.82 Å². The van der Waals surface area contributed by atoms with Gasteiger partial charge in [-0.15, -0.1) is 0 Å². The average molecular weight is 389 g/mol. The van der Waals surface area contributed by atoms with Crippen molar-refractivity contribution in [2.24, 2.45) is 0 Å². The van der Waals surface area contributed by atoms with E-state index in [0.29, 0.717) is 12.1 Å². The second-order valence-electron chi connectivity index (χ2n) is 6.11. The molecule has 13 heteroatoms. The second-order valence-corrected chi connectivity index (χ2v) is 7.52. The van der Waals surface area contributed by atoms with Gasteiger partial charge in [0.05, 0.1) is 19.5 Å². The van der Waals surface area contributed by atoms with Crippen LogP contribution < -0.4 is 10.5 Å². The van der Waals surface area contributed by atoms with E-state index in [9.17, 15) is 9.46 Å². The van der Waals surface area contributed by atoms with Gasteiger partial charge in [0.2, 0.25) is 11.8 Å². The molecule has 2 aromatic heterocycles. The molecule has 4 heterocycles. The van der Waals surface area contributed by atoms with E-state index in [1.54, 1.807) is 6.92 Å². The maximum Gasteiger partial charge on any atom is 0.472 e. The Labute approximate surface area is 146 Å². The lowest BCUT2D eigenvalue weighted by molar-refractivity contribution is -0.0667. The molecule has 11 nitrogen and oxygen atoms in total. The third-order valence-corrected chi connectivity index (χ3v) is 5.24. The van der Waals surface area contributed by atoms with Gasteiger partial charge < -0.3 is 20.1 Å². The Morgan fingerprint density at radius 1 is 1.58 bits per heavy atom. The van der Waals surface area contributed by atoms with Crippen LogP contribution in [0, 0.1) is 0 Å². The number of fused-ring (bicyclic) bond motifs is 2. The van der Waals surface area contributed by atoms with E-state index in [1.165, 1.54) is 17.8 Å². The van der Waals surface area contributed by atoms with Crippen LogP contribution in [0.4, 0.5) is 10.3 Å². The molecule has 26 heavy (non-hydrogen) atoms. The molecule has 0 bridgehead atoms. The summed E-state index contributed by atoms with van der Waals surface area (Å²) < 4.78 is 49.2. The second kappa shape index (κ2) is 5.83. The number of nitrogen functional groups attached to an aromatic ring is 1. The molecule has 2 aliphatic rings. The van der Waals surface area contributed by atoms with Crippen molar-refractivity contribution in [1.29, 1.82) is 0 Å². The maximum atomic E-state index is 15.5. The summed E-state index contributed by atoms with van der Waals surface area (Å²) >= 11 is 0. The molecule has 0 aromatic carbocycles. The number of rotatable bonds is 3. The molecule has 2 aromatic rings. The zero-order valence-electron chi connectivity index (χ0n) is 13.9. The van der Waals surface area contributed by atoms with Crippen LogP contribution in [0.25, 0.3) is 11.2 Å². The first-order valence-corrected chi connectivity index (χ1v) is 9.35. The monoisotopic (exact) mass is 389 g/mol. The zero-order chi connectivity index (χ0) is 18.7. The Kier molecular flexibility index (Phi) is 3.93. The lowest BCUT2D eigenvalue weighted by Crippen LogP contribution is -2.44. The van der Waals surface area contributed by atoms with Crippen LogP contribution in [0.3, 0.4) is 0 Å². The average Bonchev–Trinajstić information content (AvgIpc) is 3.06. The number of alkyl halides is 1. The van der Waals surface area contributed by atoms with Gasteiger partial charge in [-0.1, -0.05) is 0 Å². The number of halogens is 1. The summed E-state index contributed by atoms with van der Waals surface area (Å²) in [6, 6.07) is 0. The predicted molar refractivity (Wildman–Crippen MR) is 85.0 cm³/mol. The lowest BCUT2D eigenvalue weighted by atomic mass is 9.98. The van der Waals surface area contributed by atoms with E-state index in [0.717, 1.165) is 0 Å². The van der Waals surface area contributed by atoms with Crippen molar-refractivity contribution < 1.29 is 32.4 Å². The van der Waals surface area contributed by atoms with E-state index in [1.807, 2.05) is 0 Å². The van der Waals surface area contributed by atoms with Gasteiger partial charge in [0.1, 0.15) is 12.2 Å². The first kappa shape index (κ1) is 17.6. The number of nitrogens with two attached hydrogens (primary N) is 1. The molecule has 0 saturated carbocycles. The van der Waals surface area contributed by atoms with Gasteiger partial charge in [-0.25, -0.2) is 13.9 Å². The van der Waals surface area contributed by atoms with Gasteiger partial charge in [-0.05, 0) is 13.8 Å². The van der Waals surface area contributed by atoms with E-state index in [2.05, 4.69) is 15.0 Å². The van der Waals surface area contributed by atoms with Gasteiger partial charge in [0, 0.05) is 0 Å². The van der Waals surface area contributed by atoms with Crippen molar-refractivity contribution in [3.8, 4) is 5.88 Å². The molecule has 0 amide bonds. The normalized spacial score (nSPS) is 37.0. The van der Waals surface area contributed by atoms with Crippen molar-refractivity contribution in [3.05, 3.63) is 6.33 Å². The highest BCUT2D eigenvalue weighted by Gasteiger charge is 2.61. The van der Waals surface area contributed by atoms with Crippen molar-refractivity contribution in [2.75, 3.05) is 18.9 Å². The molecule has 2 aliphatic heterocycles. The number of ether oxygens (including phenoxy) is 2. The van der Waals surface area contributed by atoms with E-state index in [4.69, 9.17) is 24.3 Å². The molecule has 2 fully saturated rings. The fourth-order valence-corrected chi connectivity index (χ4v) is 4.19. The summed E-state index contributed by atoms with van der Waals surface area (Å²) in [5.41, 5.74) is 4.05. The minimum atomic E-state index is -4.32. The number of hydrogen-bond donors (Lipinski definition) is 2. The maximum absolute atomic E-state index is 15.5. The highest BCUT2D eigenvalue weighted by Crippen LogP contribution is 2.56. The zero-order valence-corrected chi connectivity index (χ0v) is 14.8. The molecule has 0 aliphatic carbocycles. The lowest BCUT2D eigenvalue weighted by Gasteiger charge is -2.31. The molecule has 3 N–H and O–H groups in total. The van der Waals surface area contributed by atoms with Crippen LogP contribution in [0.15, 0.2) is 6.33 Å². The van der Waals surface area contributed by atoms with E-state index in [-0.39, 0.29) is 24.1 Å². The van der Waals surface area contributed by atoms with Gasteiger partial charge in [0.25, 0.3) is 0 Å². The van der Waals surface area contributed by atoms with Crippen LogP contribution in [0.1, 0.15) is 20.1 Å². The number of phosphoric acid groups is 1. The first-order chi connectivity index (χ1) is 12.2. The molecule has 4 rings (SSSR count). The third kappa shape index (κ3) is 2.65. The van der Waals surface area contributed by atoms with Crippen LogP contribution in [0.2, 0.25) is 0 Å². The standard InChI is InChI=1S/C13H17FN5O6P/c1-3-22-10-7-9(17-12(15)18-10)19(5-16-7)11-13(2,14)8-6(24-11)4-23-26(20,21)25-8/h5-6,8,11H,3-4H2,1-2H3,(H,20,21)(H2,15,17,18)/t6-,8-,11-,13-/m1/s1. The van der Waals surface area contributed by atoms with Crippen LogP contribution in [-0.4, -0.2) is 55.5 Å². The Morgan fingerprint density at radius 2 is 2.35 bits per heavy atom. The Hall–Kier alpha value is -1.85. The largest absolute Gasteiger partial charge is 0.476 e. The van der Waals surface area contributed by atoms with Crippen molar-refractivity contribution in [1.82, 2.24) is 19.5 Å². The van der Waals surface area contributed by atoms with Gasteiger partial charge in [-0.3, -0.25) is 13.6 Å². The molecular weight excluding hydrogens is 372 g/mol. The fraction of sp³-hybridized carbons (Fsp3) is 0.615. The summed E-state index contributed by atoms with van der Waals surface area (Å²) in [6.45, 7) is 3.05. The molecule has 142 valence electrons. The minimum absolute atomic E-state index is 0.0712. The van der Waals surface area contributed by atoms with Gasteiger partial charge in [0.15, 0.2) is 23.1 Å². The highest BCUT2D eigenvalue weighted by molar-refractivity contribution is 7.47. The van der Waals surface area contributed by atoms with Gasteiger partial charge in [-0.2, -0.15) is 9.97 Å². The van der Waals surface area contributed by atoms with Crippen LogP contribution in [-0.2, 0) is 18.3 Å². The molecule has 0 spiro atoms. The fourth-order valence-electron chi connectivity index (χ4n) is 3.17.